The molecular formula is C19H22N4O4. The van der Waals surface area contributed by atoms with Gasteiger partial charge in [-0.25, -0.2) is 14.5 Å². The van der Waals surface area contributed by atoms with Crippen molar-refractivity contribution in [1.82, 2.24) is 14.8 Å². The summed E-state index contributed by atoms with van der Waals surface area (Å²) in [5.41, 5.74) is 0.284. The van der Waals surface area contributed by atoms with Crippen molar-refractivity contribution in [3.63, 3.8) is 0 Å². The van der Waals surface area contributed by atoms with Crippen molar-refractivity contribution in [2.24, 2.45) is 16.7 Å². The predicted octanol–water partition coefficient (Wildman–Crippen LogP) is 3.55. The minimum absolute atomic E-state index is 0.0556. The van der Waals surface area contributed by atoms with Gasteiger partial charge in [0.2, 0.25) is 0 Å². The summed E-state index contributed by atoms with van der Waals surface area (Å²) >= 11 is 0. The molecule has 8 heteroatoms. The highest BCUT2D eigenvalue weighted by Crippen LogP contribution is 2.66. The number of ether oxygens (including phenoxy) is 1. The fourth-order valence-corrected chi connectivity index (χ4v) is 4.83. The number of nitrogens with zero attached hydrogens (tertiary/aromatic N) is 4. The molecule has 8 nitrogen and oxygen atoms in total. The highest BCUT2D eigenvalue weighted by molar-refractivity contribution is 5.91. The lowest BCUT2D eigenvalue weighted by atomic mass is 9.70. The summed E-state index contributed by atoms with van der Waals surface area (Å²) in [7, 11) is 0. The molecule has 2 aliphatic rings. The van der Waals surface area contributed by atoms with Crippen LogP contribution in [0.25, 0.3) is 5.69 Å². The van der Waals surface area contributed by atoms with Crippen molar-refractivity contribution in [2.45, 2.75) is 46.1 Å². The predicted molar refractivity (Wildman–Crippen MR) is 96.4 cm³/mol. The van der Waals surface area contributed by atoms with E-state index in [0.29, 0.717) is 5.92 Å². The summed E-state index contributed by atoms with van der Waals surface area (Å²) in [5.74, 6) is 0.0298. The molecule has 4 rings (SSSR count). The van der Waals surface area contributed by atoms with E-state index < -0.39 is 10.9 Å². The van der Waals surface area contributed by atoms with E-state index in [1.165, 1.54) is 35.5 Å². The second-order valence-electron chi connectivity index (χ2n) is 8.31. The SMILES string of the molecule is CC1(C)[C@H]2CC[C@@]1(C)[C@@H](OC(=O)c1ccc(-n3cncn3)c([N+](=O)[O-])c1)C2. The number of rotatable bonds is 4. The normalized spacial score (nSPS) is 28.3. The Morgan fingerprint density at radius 2 is 2.15 bits per heavy atom. The Kier molecular flexibility index (Phi) is 3.83. The number of nitro groups is 1. The molecule has 2 bridgehead atoms. The zero-order valence-electron chi connectivity index (χ0n) is 15.6. The van der Waals surface area contributed by atoms with Crippen LogP contribution in [0.15, 0.2) is 30.9 Å². The smallest absolute Gasteiger partial charge is 0.338 e. The van der Waals surface area contributed by atoms with Crippen LogP contribution in [0.4, 0.5) is 5.69 Å². The van der Waals surface area contributed by atoms with Gasteiger partial charge in [-0.15, -0.1) is 0 Å². The molecule has 1 aromatic carbocycles. The molecule has 0 unspecified atom stereocenters. The Hall–Kier alpha value is -2.77. The summed E-state index contributed by atoms with van der Waals surface area (Å²) in [6.45, 7) is 6.68. The Morgan fingerprint density at radius 1 is 1.37 bits per heavy atom. The quantitative estimate of drug-likeness (QED) is 0.463. The van der Waals surface area contributed by atoms with Crippen LogP contribution in [0.5, 0.6) is 0 Å². The Labute approximate surface area is 156 Å². The second-order valence-corrected chi connectivity index (χ2v) is 8.31. The number of benzene rings is 1. The lowest BCUT2D eigenvalue weighted by Crippen LogP contribution is -2.38. The summed E-state index contributed by atoms with van der Waals surface area (Å²) in [5, 5.41) is 15.4. The molecule has 2 aliphatic carbocycles. The molecule has 2 saturated carbocycles. The van der Waals surface area contributed by atoms with Crippen LogP contribution in [0.3, 0.4) is 0 Å². The molecule has 0 radical (unpaired) electrons. The van der Waals surface area contributed by atoms with Gasteiger partial charge in [-0.1, -0.05) is 20.8 Å². The van der Waals surface area contributed by atoms with Gasteiger partial charge in [0.05, 0.1) is 10.5 Å². The molecule has 3 atom stereocenters. The van der Waals surface area contributed by atoms with E-state index in [1.807, 2.05) is 0 Å². The van der Waals surface area contributed by atoms with Gasteiger partial charge in [-0.3, -0.25) is 10.1 Å². The fraction of sp³-hybridized carbons (Fsp3) is 0.526. The number of esters is 1. The number of hydrogen-bond donors (Lipinski definition) is 0. The van der Waals surface area contributed by atoms with E-state index in [2.05, 4.69) is 30.9 Å². The van der Waals surface area contributed by atoms with Crippen LogP contribution >= 0.6 is 0 Å². The third-order valence-electron chi connectivity index (χ3n) is 7.04. The van der Waals surface area contributed by atoms with Crippen molar-refractivity contribution >= 4 is 11.7 Å². The van der Waals surface area contributed by atoms with E-state index in [0.717, 1.165) is 19.3 Å². The van der Waals surface area contributed by atoms with Crippen LogP contribution in [-0.4, -0.2) is 31.8 Å². The van der Waals surface area contributed by atoms with Crippen LogP contribution in [0.2, 0.25) is 0 Å². The molecule has 2 aromatic rings. The van der Waals surface area contributed by atoms with Gasteiger partial charge in [-0.05, 0) is 42.7 Å². The summed E-state index contributed by atoms with van der Waals surface area (Å²) in [6, 6.07) is 4.28. The van der Waals surface area contributed by atoms with Gasteiger partial charge in [-0.2, -0.15) is 5.10 Å². The summed E-state index contributed by atoms with van der Waals surface area (Å²) in [6.07, 6.45) is 5.56. The van der Waals surface area contributed by atoms with E-state index in [1.54, 1.807) is 0 Å². The first-order valence-corrected chi connectivity index (χ1v) is 9.08. The Morgan fingerprint density at radius 3 is 2.70 bits per heavy atom. The molecular weight excluding hydrogens is 348 g/mol. The number of carbonyl (C=O) groups excluding carboxylic acids is 1. The molecule has 0 spiro atoms. The number of nitro benzene ring substituents is 1. The second kappa shape index (κ2) is 5.87. The average Bonchev–Trinajstić information content (AvgIpc) is 3.28. The van der Waals surface area contributed by atoms with Crippen LogP contribution in [-0.2, 0) is 4.74 Å². The van der Waals surface area contributed by atoms with Crippen LogP contribution < -0.4 is 0 Å². The van der Waals surface area contributed by atoms with Gasteiger partial charge < -0.3 is 4.74 Å². The molecule has 1 aromatic heterocycles. The fourth-order valence-electron chi connectivity index (χ4n) is 4.83. The lowest BCUT2D eigenvalue weighted by molar-refractivity contribution is -0.384. The first-order valence-electron chi connectivity index (χ1n) is 9.08. The highest BCUT2D eigenvalue weighted by Gasteiger charge is 2.62. The van der Waals surface area contributed by atoms with Gasteiger partial charge in [0.1, 0.15) is 24.4 Å². The first kappa shape index (κ1) is 17.6. The molecule has 142 valence electrons. The van der Waals surface area contributed by atoms with Gasteiger partial charge in [0, 0.05) is 11.5 Å². The number of fused-ring (bicyclic) bond motifs is 2. The van der Waals surface area contributed by atoms with E-state index >= 15 is 0 Å². The van der Waals surface area contributed by atoms with E-state index in [-0.39, 0.29) is 33.9 Å². The molecule has 2 fully saturated rings. The summed E-state index contributed by atoms with van der Waals surface area (Å²) < 4.78 is 7.14. The number of aromatic nitrogens is 3. The molecule has 0 aliphatic heterocycles. The third kappa shape index (κ3) is 2.54. The maximum atomic E-state index is 12.7. The minimum Gasteiger partial charge on any atom is -0.458 e. The molecule has 0 saturated heterocycles. The van der Waals surface area contributed by atoms with Crippen molar-refractivity contribution < 1.29 is 14.5 Å². The molecule has 0 N–H and O–H groups in total. The Bertz CT molecular complexity index is 908. The van der Waals surface area contributed by atoms with Crippen molar-refractivity contribution in [3.8, 4) is 5.69 Å². The van der Waals surface area contributed by atoms with Gasteiger partial charge in [0.15, 0.2) is 0 Å². The molecule has 1 heterocycles. The highest BCUT2D eigenvalue weighted by atomic mass is 16.6. The van der Waals surface area contributed by atoms with Crippen molar-refractivity contribution in [1.29, 1.82) is 0 Å². The molecule has 27 heavy (non-hydrogen) atoms. The lowest BCUT2D eigenvalue weighted by Gasteiger charge is -2.38. The third-order valence-corrected chi connectivity index (χ3v) is 7.04. The van der Waals surface area contributed by atoms with Gasteiger partial charge in [0.25, 0.3) is 5.69 Å². The number of carbonyl (C=O) groups is 1. The van der Waals surface area contributed by atoms with Crippen LogP contribution in [0, 0.1) is 26.9 Å². The topological polar surface area (TPSA) is 100 Å². The monoisotopic (exact) mass is 370 g/mol. The van der Waals surface area contributed by atoms with E-state index in [9.17, 15) is 14.9 Å². The number of hydrogen-bond acceptors (Lipinski definition) is 6. The maximum Gasteiger partial charge on any atom is 0.338 e. The Balaban J connectivity index is 1.60. The molecule has 0 amide bonds. The van der Waals surface area contributed by atoms with Crippen molar-refractivity contribution in [2.75, 3.05) is 0 Å². The zero-order valence-corrected chi connectivity index (χ0v) is 15.6. The first-order chi connectivity index (χ1) is 12.7. The van der Waals surface area contributed by atoms with Crippen LogP contribution in [0.1, 0.15) is 50.4 Å². The maximum absolute atomic E-state index is 12.7. The summed E-state index contributed by atoms with van der Waals surface area (Å²) in [4.78, 5) is 27.5. The zero-order chi connectivity index (χ0) is 19.4. The van der Waals surface area contributed by atoms with E-state index in [4.69, 9.17) is 4.74 Å². The largest absolute Gasteiger partial charge is 0.458 e. The van der Waals surface area contributed by atoms with Crippen molar-refractivity contribution in [3.05, 3.63) is 46.5 Å². The standard InChI is InChI=1S/C19H22N4O4/c1-18(2)13-6-7-19(18,3)16(9-13)27-17(24)12-4-5-14(15(8-12)23(25)26)22-11-20-10-21-22/h4-5,8,10-11,13,16H,6-7,9H2,1-3H3/t13-,16-,19-/m0/s1. The minimum atomic E-state index is -0.532. The van der Waals surface area contributed by atoms with Gasteiger partial charge >= 0.3 is 5.97 Å². The average molecular weight is 370 g/mol.